The lowest BCUT2D eigenvalue weighted by Crippen LogP contribution is -2.50. The van der Waals surface area contributed by atoms with Gasteiger partial charge < -0.3 is 20.7 Å². The van der Waals surface area contributed by atoms with Crippen molar-refractivity contribution in [2.24, 2.45) is 11.7 Å². The van der Waals surface area contributed by atoms with Crippen molar-refractivity contribution in [2.45, 2.75) is 32.2 Å². The molecule has 2 unspecified atom stereocenters. The van der Waals surface area contributed by atoms with Gasteiger partial charge in [-0.15, -0.1) is 0 Å². The number of carbonyl (C=O) groups is 1. The number of nitrogens with zero attached hydrogens (tertiary/aromatic N) is 1. The molecule has 0 saturated carbocycles. The van der Waals surface area contributed by atoms with Gasteiger partial charge in [0.25, 0.3) is 0 Å². The first-order valence-electron chi connectivity index (χ1n) is 6.92. The Balaban J connectivity index is 2.47. The van der Waals surface area contributed by atoms with Crippen LogP contribution in [-0.2, 0) is 9.53 Å². The van der Waals surface area contributed by atoms with E-state index in [0.29, 0.717) is 24.9 Å². The number of piperidine rings is 1. The minimum Gasteiger partial charge on any atom is -0.469 e. The van der Waals surface area contributed by atoms with Gasteiger partial charge >= 0.3 is 5.97 Å². The molecule has 3 N–H and O–H groups in total. The predicted octanol–water partition coefficient (Wildman–Crippen LogP) is 0.198. The fourth-order valence-electron chi connectivity index (χ4n) is 2.63. The number of hydrogen-bond donors (Lipinski definition) is 2. The molecule has 0 bridgehead atoms. The molecule has 1 fully saturated rings. The summed E-state index contributed by atoms with van der Waals surface area (Å²) in [5.74, 6) is 0.274. The minimum absolute atomic E-state index is 0.108. The van der Waals surface area contributed by atoms with Crippen molar-refractivity contribution in [3.63, 3.8) is 0 Å². The van der Waals surface area contributed by atoms with E-state index in [0.717, 1.165) is 39.0 Å². The second kappa shape index (κ2) is 8.45. The predicted molar refractivity (Wildman–Crippen MR) is 72.3 cm³/mol. The molecule has 5 nitrogen and oxygen atoms in total. The van der Waals surface area contributed by atoms with Crippen molar-refractivity contribution in [2.75, 3.05) is 39.8 Å². The molecule has 1 aliphatic rings. The smallest absolute Gasteiger partial charge is 0.305 e. The number of carbonyl (C=O) groups excluding carboxylic acids is 1. The van der Waals surface area contributed by atoms with Crippen LogP contribution in [0, 0.1) is 5.92 Å². The first-order chi connectivity index (χ1) is 8.69. The molecule has 0 spiro atoms. The fourth-order valence-corrected chi connectivity index (χ4v) is 2.63. The van der Waals surface area contributed by atoms with Crippen molar-refractivity contribution >= 4 is 5.97 Å². The average Bonchev–Trinajstić information content (AvgIpc) is 2.36. The molecule has 1 saturated heterocycles. The molecule has 5 heteroatoms. The zero-order valence-corrected chi connectivity index (χ0v) is 11.7. The Morgan fingerprint density at radius 1 is 1.50 bits per heavy atom. The molecular formula is C13H27N3O2. The third-order valence-corrected chi connectivity index (χ3v) is 3.42. The van der Waals surface area contributed by atoms with Gasteiger partial charge in [0.1, 0.15) is 0 Å². The van der Waals surface area contributed by atoms with Crippen LogP contribution in [0.1, 0.15) is 26.2 Å². The van der Waals surface area contributed by atoms with Crippen molar-refractivity contribution in [3.8, 4) is 0 Å². The van der Waals surface area contributed by atoms with E-state index in [9.17, 15) is 4.79 Å². The summed E-state index contributed by atoms with van der Waals surface area (Å²) in [5, 5.41) is 3.55. The molecule has 0 aliphatic carbocycles. The number of likely N-dealkylation sites (tertiary alicyclic amines) is 1. The van der Waals surface area contributed by atoms with Crippen molar-refractivity contribution in [3.05, 3.63) is 0 Å². The third kappa shape index (κ3) is 5.33. The SMILES string of the molecule is CCCNC1CC(CC(=O)OC)CN(CCN)C1. The lowest BCUT2D eigenvalue weighted by Gasteiger charge is -2.37. The first kappa shape index (κ1) is 15.4. The molecule has 0 aromatic heterocycles. The highest BCUT2D eigenvalue weighted by Gasteiger charge is 2.28. The summed E-state index contributed by atoms with van der Waals surface area (Å²) in [7, 11) is 1.45. The monoisotopic (exact) mass is 257 g/mol. The van der Waals surface area contributed by atoms with Crippen LogP contribution in [0.5, 0.6) is 0 Å². The van der Waals surface area contributed by atoms with Gasteiger partial charge in [-0.05, 0) is 25.3 Å². The normalized spacial score (nSPS) is 25.1. The zero-order chi connectivity index (χ0) is 13.4. The molecule has 0 radical (unpaired) electrons. The van der Waals surface area contributed by atoms with Crippen LogP contribution in [0.25, 0.3) is 0 Å². The number of rotatable bonds is 7. The summed E-state index contributed by atoms with van der Waals surface area (Å²) < 4.78 is 4.76. The van der Waals surface area contributed by atoms with E-state index in [4.69, 9.17) is 10.5 Å². The van der Waals surface area contributed by atoms with Crippen molar-refractivity contribution in [1.82, 2.24) is 10.2 Å². The Morgan fingerprint density at radius 2 is 2.28 bits per heavy atom. The summed E-state index contributed by atoms with van der Waals surface area (Å²) in [6.45, 7) is 6.77. The summed E-state index contributed by atoms with van der Waals surface area (Å²) in [5.41, 5.74) is 5.62. The molecule has 1 heterocycles. The molecule has 0 amide bonds. The maximum atomic E-state index is 11.4. The average molecular weight is 257 g/mol. The Morgan fingerprint density at radius 3 is 2.89 bits per heavy atom. The maximum Gasteiger partial charge on any atom is 0.305 e. The Bertz CT molecular complexity index is 248. The van der Waals surface area contributed by atoms with Gasteiger partial charge in [0.05, 0.1) is 7.11 Å². The van der Waals surface area contributed by atoms with Crippen LogP contribution in [-0.4, -0.2) is 56.7 Å². The Kier molecular flexibility index (Phi) is 7.23. The topological polar surface area (TPSA) is 67.6 Å². The second-order valence-electron chi connectivity index (χ2n) is 5.08. The minimum atomic E-state index is -0.108. The van der Waals surface area contributed by atoms with Crippen LogP contribution < -0.4 is 11.1 Å². The van der Waals surface area contributed by atoms with Crippen molar-refractivity contribution in [1.29, 1.82) is 0 Å². The van der Waals surface area contributed by atoms with E-state index in [2.05, 4.69) is 17.1 Å². The van der Waals surface area contributed by atoms with Gasteiger partial charge in [0, 0.05) is 38.6 Å². The highest BCUT2D eigenvalue weighted by Crippen LogP contribution is 2.20. The maximum absolute atomic E-state index is 11.4. The van der Waals surface area contributed by atoms with Crippen LogP contribution in [0.4, 0.5) is 0 Å². The standard InChI is InChI=1S/C13H27N3O2/c1-3-5-15-12-7-11(8-13(17)18-2)9-16(10-12)6-4-14/h11-12,15H,3-10,14H2,1-2H3. The van der Waals surface area contributed by atoms with Crippen LogP contribution >= 0.6 is 0 Å². The zero-order valence-electron chi connectivity index (χ0n) is 11.7. The molecule has 2 atom stereocenters. The lowest BCUT2D eigenvalue weighted by atomic mass is 9.91. The third-order valence-electron chi connectivity index (χ3n) is 3.42. The first-order valence-corrected chi connectivity index (χ1v) is 6.92. The van der Waals surface area contributed by atoms with Crippen LogP contribution in [0.2, 0.25) is 0 Å². The van der Waals surface area contributed by atoms with E-state index in [1.807, 2.05) is 0 Å². The van der Waals surface area contributed by atoms with E-state index >= 15 is 0 Å². The highest BCUT2D eigenvalue weighted by molar-refractivity contribution is 5.69. The molecule has 1 rings (SSSR count). The quantitative estimate of drug-likeness (QED) is 0.638. The lowest BCUT2D eigenvalue weighted by molar-refractivity contribution is -0.142. The van der Waals surface area contributed by atoms with E-state index < -0.39 is 0 Å². The summed E-state index contributed by atoms with van der Waals surface area (Å²) >= 11 is 0. The second-order valence-corrected chi connectivity index (χ2v) is 5.08. The van der Waals surface area contributed by atoms with Gasteiger partial charge in [-0.25, -0.2) is 0 Å². The van der Waals surface area contributed by atoms with E-state index in [1.165, 1.54) is 7.11 Å². The van der Waals surface area contributed by atoms with Gasteiger partial charge in [-0.3, -0.25) is 4.79 Å². The van der Waals surface area contributed by atoms with Gasteiger partial charge in [-0.1, -0.05) is 6.92 Å². The number of ether oxygens (including phenoxy) is 1. The molecule has 106 valence electrons. The summed E-state index contributed by atoms with van der Waals surface area (Å²) in [4.78, 5) is 13.7. The fraction of sp³-hybridized carbons (Fsp3) is 0.923. The molecule has 18 heavy (non-hydrogen) atoms. The van der Waals surface area contributed by atoms with Gasteiger partial charge in [0.15, 0.2) is 0 Å². The summed E-state index contributed by atoms with van der Waals surface area (Å²) in [6, 6.07) is 0.472. The highest BCUT2D eigenvalue weighted by atomic mass is 16.5. The van der Waals surface area contributed by atoms with Crippen molar-refractivity contribution < 1.29 is 9.53 Å². The van der Waals surface area contributed by atoms with Crippen LogP contribution in [0.15, 0.2) is 0 Å². The molecule has 1 aliphatic heterocycles. The number of nitrogens with one attached hydrogen (secondary N) is 1. The van der Waals surface area contributed by atoms with E-state index in [1.54, 1.807) is 0 Å². The number of methoxy groups -OCH3 is 1. The Hall–Kier alpha value is -0.650. The largest absolute Gasteiger partial charge is 0.469 e. The van der Waals surface area contributed by atoms with Gasteiger partial charge in [-0.2, -0.15) is 0 Å². The number of hydrogen-bond acceptors (Lipinski definition) is 5. The molecule has 0 aromatic carbocycles. The summed E-state index contributed by atoms with van der Waals surface area (Å²) in [6.07, 6.45) is 2.70. The van der Waals surface area contributed by atoms with E-state index in [-0.39, 0.29) is 5.97 Å². The number of esters is 1. The molecular weight excluding hydrogens is 230 g/mol. The molecule has 0 aromatic rings. The van der Waals surface area contributed by atoms with Gasteiger partial charge in [0.2, 0.25) is 0 Å². The Labute approximate surface area is 110 Å². The van der Waals surface area contributed by atoms with Crippen LogP contribution in [0.3, 0.4) is 0 Å². The number of nitrogens with two attached hydrogens (primary N) is 1.